The highest BCUT2D eigenvalue weighted by Crippen LogP contribution is 2.28. The molecule has 112 valence electrons. The summed E-state index contributed by atoms with van der Waals surface area (Å²) in [6.45, 7) is 6.01. The number of benzene rings is 1. The normalized spacial score (nSPS) is 10.9. The van der Waals surface area contributed by atoms with Crippen LogP contribution in [0.15, 0.2) is 36.5 Å². The van der Waals surface area contributed by atoms with Crippen LogP contribution in [0, 0.1) is 5.92 Å². The molecule has 0 unspecified atom stereocenters. The second kappa shape index (κ2) is 7.64. The van der Waals surface area contributed by atoms with Crippen LogP contribution in [0.5, 0.6) is 11.5 Å². The van der Waals surface area contributed by atoms with Crippen LogP contribution in [-0.2, 0) is 6.54 Å². The third kappa shape index (κ3) is 5.54. The molecule has 0 spiro atoms. The Labute approximate surface area is 135 Å². The van der Waals surface area contributed by atoms with E-state index in [2.05, 4.69) is 24.1 Å². The molecule has 1 heterocycles. The Morgan fingerprint density at radius 2 is 1.81 bits per heavy atom. The van der Waals surface area contributed by atoms with Gasteiger partial charge in [-0.15, -0.1) is 0 Å². The molecule has 1 aromatic heterocycles. The average molecular weight is 325 g/mol. The summed E-state index contributed by atoms with van der Waals surface area (Å²) >= 11 is 11.9. The van der Waals surface area contributed by atoms with E-state index in [1.165, 1.54) is 0 Å². The van der Waals surface area contributed by atoms with Gasteiger partial charge in [-0.3, -0.25) is 4.98 Å². The Hall–Kier alpha value is -1.29. The van der Waals surface area contributed by atoms with Gasteiger partial charge in [0.05, 0.1) is 5.69 Å². The van der Waals surface area contributed by atoms with Crippen molar-refractivity contribution in [3.8, 4) is 11.5 Å². The third-order valence-electron chi connectivity index (χ3n) is 2.72. The van der Waals surface area contributed by atoms with Crippen LogP contribution in [-0.4, -0.2) is 11.5 Å². The molecule has 0 aliphatic heterocycles. The number of halogens is 2. The molecule has 0 saturated carbocycles. The molecule has 0 aliphatic carbocycles. The van der Waals surface area contributed by atoms with Crippen molar-refractivity contribution in [3.05, 3.63) is 52.3 Å². The zero-order chi connectivity index (χ0) is 15.2. The summed E-state index contributed by atoms with van der Waals surface area (Å²) in [5.41, 5.74) is 0.932. The predicted octanol–water partition coefficient (Wildman–Crippen LogP) is 4.93. The molecule has 3 nitrogen and oxygen atoms in total. The summed E-state index contributed by atoms with van der Waals surface area (Å²) < 4.78 is 5.77. The van der Waals surface area contributed by atoms with Gasteiger partial charge in [-0.25, -0.2) is 0 Å². The smallest absolute Gasteiger partial charge is 0.130 e. The summed E-state index contributed by atoms with van der Waals surface area (Å²) in [5, 5.41) is 4.44. The molecule has 0 amide bonds. The Kier molecular flexibility index (Phi) is 5.85. The number of hydrogen-bond donors (Lipinski definition) is 1. The highest BCUT2D eigenvalue weighted by atomic mass is 35.5. The summed E-state index contributed by atoms with van der Waals surface area (Å²) in [4.78, 5) is 4.32. The van der Waals surface area contributed by atoms with Gasteiger partial charge in [0, 0.05) is 28.9 Å². The first kappa shape index (κ1) is 16.1. The maximum atomic E-state index is 5.96. The second-order valence-corrected chi connectivity index (χ2v) is 6.09. The summed E-state index contributed by atoms with van der Waals surface area (Å²) in [6.07, 6.45) is 1.73. The Morgan fingerprint density at radius 3 is 2.48 bits per heavy atom. The largest absolute Gasteiger partial charge is 0.457 e. The maximum absolute atomic E-state index is 5.96. The Balaban J connectivity index is 2.03. The molecule has 21 heavy (non-hydrogen) atoms. The molecule has 2 rings (SSSR count). The van der Waals surface area contributed by atoms with Crippen molar-refractivity contribution in [1.82, 2.24) is 10.3 Å². The number of nitrogens with one attached hydrogen (secondary N) is 1. The van der Waals surface area contributed by atoms with Crippen molar-refractivity contribution < 1.29 is 4.74 Å². The lowest BCUT2D eigenvalue weighted by Crippen LogP contribution is -2.19. The second-order valence-electron chi connectivity index (χ2n) is 5.21. The van der Waals surface area contributed by atoms with Crippen LogP contribution in [0.4, 0.5) is 0 Å². The molecular weight excluding hydrogens is 307 g/mol. The van der Waals surface area contributed by atoms with Crippen molar-refractivity contribution in [3.63, 3.8) is 0 Å². The third-order valence-corrected chi connectivity index (χ3v) is 3.15. The van der Waals surface area contributed by atoms with Crippen LogP contribution < -0.4 is 10.1 Å². The van der Waals surface area contributed by atoms with E-state index in [1.807, 2.05) is 6.07 Å². The van der Waals surface area contributed by atoms with Crippen molar-refractivity contribution in [1.29, 1.82) is 0 Å². The lowest BCUT2D eigenvalue weighted by Gasteiger charge is -2.09. The van der Waals surface area contributed by atoms with E-state index in [9.17, 15) is 0 Å². The lowest BCUT2D eigenvalue weighted by molar-refractivity contribution is 0.479. The molecule has 0 fully saturated rings. The minimum atomic E-state index is 0.547. The summed E-state index contributed by atoms with van der Waals surface area (Å²) in [7, 11) is 0. The number of aromatic nitrogens is 1. The average Bonchev–Trinajstić information content (AvgIpc) is 2.37. The maximum Gasteiger partial charge on any atom is 0.130 e. The first-order valence-electron chi connectivity index (χ1n) is 6.82. The fraction of sp³-hybridized carbons (Fsp3) is 0.312. The topological polar surface area (TPSA) is 34.1 Å². The minimum Gasteiger partial charge on any atom is -0.457 e. The molecule has 0 atom stereocenters. The number of rotatable bonds is 6. The highest BCUT2D eigenvalue weighted by Gasteiger charge is 2.03. The SMILES string of the molecule is CC(C)CNCc1cc(Oc2cc(Cl)cc(Cl)c2)ccn1. The number of nitrogens with zero attached hydrogens (tertiary/aromatic N) is 1. The monoisotopic (exact) mass is 324 g/mol. The van der Waals surface area contributed by atoms with E-state index in [4.69, 9.17) is 27.9 Å². The van der Waals surface area contributed by atoms with Crippen LogP contribution in [0.25, 0.3) is 0 Å². The molecule has 2 aromatic rings. The molecule has 5 heteroatoms. The molecular formula is C16H18Cl2N2O. The molecule has 1 aromatic carbocycles. The zero-order valence-corrected chi connectivity index (χ0v) is 13.6. The van der Waals surface area contributed by atoms with Crippen LogP contribution >= 0.6 is 23.2 Å². The summed E-state index contributed by atoms with van der Waals surface area (Å²) in [6, 6.07) is 8.84. The van der Waals surface area contributed by atoms with Gasteiger partial charge >= 0.3 is 0 Å². The molecule has 1 N–H and O–H groups in total. The van der Waals surface area contributed by atoms with E-state index in [1.54, 1.807) is 30.5 Å². The van der Waals surface area contributed by atoms with Crippen LogP contribution in [0.1, 0.15) is 19.5 Å². The first-order chi connectivity index (χ1) is 10.0. The summed E-state index contributed by atoms with van der Waals surface area (Å²) in [5.74, 6) is 1.93. The number of ether oxygens (including phenoxy) is 1. The standard InChI is InChI=1S/C16H18Cl2N2O/c1-11(2)9-19-10-14-8-15(3-4-20-14)21-16-6-12(17)5-13(18)7-16/h3-8,11,19H,9-10H2,1-2H3. The first-order valence-corrected chi connectivity index (χ1v) is 7.58. The van der Waals surface area contributed by atoms with E-state index >= 15 is 0 Å². The van der Waals surface area contributed by atoms with Crippen LogP contribution in [0.2, 0.25) is 10.0 Å². The number of pyridine rings is 1. The van der Waals surface area contributed by atoms with Crippen molar-refractivity contribution in [2.45, 2.75) is 20.4 Å². The van der Waals surface area contributed by atoms with Gasteiger partial charge in [0.2, 0.25) is 0 Å². The highest BCUT2D eigenvalue weighted by molar-refractivity contribution is 6.34. The van der Waals surface area contributed by atoms with Crippen molar-refractivity contribution in [2.24, 2.45) is 5.92 Å². The van der Waals surface area contributed by atoms with Gasteiger partial charge in [-0.1, -0.05) is 37.0 Å². The Morgan fingerprint density at radius 1 is 1.10 bits per heavy atom. The number of hydrogen-bond acceptors (Lipinski definition) is 3. The fourth-order valence-electron chi connectivity index (χ4n) is 1.83. The quantitative estimate of drug-likeness (QED) is 0.818. The van der Waals surface area contributed by atoms with Gasteiger partial charge in [-0.05, 0) is 36.7 Å². The van der Waals surface area contributed by atoms with Gasteiger partial charge in [0.25, 0.3) is 0 Å². The van der Waals surface area contributed by atoms with E-state index in [0.717, 1.165) is 12.2 Å². The predicted molar refractivity (Wildman–Crippen MR) is 87.3 cm³/mol. The minimum absolute atomic E-state index is 0.547. The van der Waals surface area contributed by atoms with E-state index < -0.39 is 0 Å². The zero-order valence-electron chi connectivity index (χ0n) is 12.1. The Bertz CT molecular complexity index is 582. The van der Waals surface area contributed by atoms with Gasteiger partial charge in [0.1, 0.15) is 11.5 Å². The molecule has 0 saturated heterocycles. The lowest BCUT2D eigenvalue weighted by atomic mass is 10.2. The fourth-order valence-corrected chi connectivity index (χ4v) is 2.33. The van der Waals surface area contributed by atoms with Gasteiger partial charge in [-0.2, -0.15) is 0 Å². The molecule has 0 bridgehead atoms. The van der Waals surface area contributed by atoms with Crippen molar-refractivity contribution >= 4 is 23.2 Å². The van der Waals surface area contributed by atoms with Crippen LogP contribution in [0.3, 0.4) is 0 Å². The molecule has 0 aliphatic rings. The molecule has 0 radical (unpaired) electrons. The van der Waals surface area contributed by atoms with Gasteiger partial charge < -0.3 is 10.1 Å². The van der Waals surface area contributed by atoms with Crippen molar-refractivity contribution in [2.75, 3.05) is 6.54 Å². The van der Waals surface area contributed by atoms with Gasteiger partial charge in [0.15, 0.2) is 0 Å². The van der Waals surface area contributed by atoms with E-state index in [-0.39, 0.29) is 0 Å². The van der Waals surface area contributed by atoms with E-state index in [0.29, 0.717) is 34.0 Å².